The molecule has 1 aromatic heterocycles. The maximum atomic E-state index is 12.3. The number of nitrogens with one attached hydrogen (secondary N) is 1. The molecular formula is C11H15BrN4O2. The number of hydrogen-bond donors (Lipinski definition) is 3. The molecule has 1 amide bonds. The van der Waals surface area contributed by atoms with Crippen molar-refractivity contribution in [2.75, 3.05) is 25.1 Å². The Hall–Kier alpha value is -1.18. The molecule has 2 heterocycles. The van der Waals surface area contributed by atoms with Crippen LogP contribution in [0.2, 0.25) is 0 Å². The molecule has 0 aliphatic carbocycles. The molecule has 1 aromatic rings. The number of hydrazine groups is 1. The molecule has 7 heteroatoms. The van der Waals surface area contributed by atoms with E-state index in [1.165, 1.54) is 0 Å². The quantitative estimate of drug-likeness (QED) is 0.561. The lowest BCUT2D eigenvalue weighted by Crippen LogP contribution is -2.30. The molecule has 0 aromatic carbocycles. The molecule has 1 fully saturated rings. The van der Waals surface area contributed by atoms with E-state index < -0.39 is 0 Å². The van der Waals surface area contributed by atoms with Crippen LogP contribution in [0, 0.1) is 5.92 Å². The van der Waals surface area contributed by atoms with Crippen LogP contribution in [0.1, 0.15) is 16.8 Å². The van der Waals surface area contributed by atoms with Gasteiger partial charge in [-0.1, -0.05) is 0 Å². The zero-order valence-corrected chi connectivity index (χ0v) is 11.4. The Bertz CT molecular complexity index is 455. The number of rotatable bonds is 3. The SMILES string of the molecule is NNc1ncc(Br)cc1C(=O)N1CCC(CO)C1. The van der Waals surface area contributed by atoms with Crippen molar-refractivity contribution in [2.45, 2.75) is 6.42 Å². The Kier molecular flexibility index (Phi) is 4.15. The normalized spacial score (nSPS) is 19.1. The number of carbonyl (C=O) groups is 1. The van der Waals surface area contributed by atoms with E-state index >= 15 is 0 Å². The number of anilines is 1. The number of pyridine rings is 1. The smallest absolute Gasteiger partial charge is 0.257 e. The fourth-order valence-electron chi connectivity index (χ4n) is 2.05. The number of hydrogen-bond acceptors (Lipinski definition) is 5. The predicted octanol–water partition coefficient (Wildman–Crippen LogP) is 0.584. The van der Waals surface area contributed by atoms with Gasteiger partial charge < -0.3 is 15.4 Å². The van der Waals surface area contributed by atoms with Gasteiger partial charge in [0.2, 0.25) is 0 Å². The van der Waals surface area contributed by atoms with Crippen LogP contribution in [-0.2, 0) is 0 Å². The van der Waals surface area contributed by atoms with Crippen molar-refractivity contribution >= 4 is 27.7 Å². The summed E-state index contributed by atoms with van der Waals surface area (Å²) >= 11 is 3.29. The first-order chi connectivity index (χ1) is 8.65. The predicted molar refractivity (Wildman–Crippen MR) is 70.8 cm³/mol. The minimum Gasteiger partial charge on any atom is -0.396 e. The maximum Gasteiger partial charge on any atom is 0.257 e. The molecule has 18 heavy (non-hydrogen) atoms. The Morgan fingerprint density at radius 1 is 1.72 bits per heavy atom. The summed E-state index contributed by atoms with van der Waals surface area (Å²) in [6, 6.07) is 1.69. The number of halogens is 1. The van der Waals surface area contributed by atoms with Crippen LogP contribution in [0.4, 0.5) is 5.82 Å². The highest BCUT2D eigenvalue weighted by molar-refractivity contribution is 9.10. The summed E-state index contributed by atoms with van der Waals surface area (Å²) in [5, 5.41) is 9.09. The van der Waals surface area contributed by atoms with Crippen LogP contribution < -0.4 is 11.3 Å². The van der Waals surface area contributed by atoms with Gasteiger partial charge in [-0.25, -0.2) is 10.8 Å². The molecule has 1 saturated heterocycles. The number of nitrogens with two attached hydrogens (primary N) is 1. The summed E-state index contributed by atoms with van der Waals surface area (Å²) in [6.07, 6.45) is 2.40. The Balaban J connectivity index is 2.21. The van der Waals surface area contributed by atoms with Crippen LogP contribution in [0.3, 0.4) is 0 Å². The van der Waals surface area contributed by atoms with Crippen LogP contribution in [-0.4, -0.2) is 40.6 Å². The van der Waals surface area contributed by atoms with E-state index in [0.717, 1.165) is 10.9 Å². The fraction of sp³-hybridized carbons (Fsp3) is 0.455. The lowest BCUT2D eigenvalue weighted by atomic mass is 10.1. The summed E-state index contributed by atoms with van der Waals surface area (Å²) < 4.78 is 0.725. The average Bonchev–Trinajstić information content (AvgIpc) is 2.86. The molecule has 0 saturated carbocycles. The highest BCUT2D eigenvalue weighted by Crippen LogP contribution is 2.23. The molecule has 4 N–H and O–H groups in total. The zero-order chi connectivity index (χ0) is 13.1. The Morgan fingerprint density at radius 3 is 3.11 bits per heavy atom. The molecule has 0 bridgehead atoms. The van der Waals surface area contributed by atoms with Crippen molar-refractivity contribution in [3.05, 3.63) is 22.3 Å². The van der Waals surface area contributed by atoms with Gasteiger partial charge >= 0.3 is 0 Å². The van der Waals surface area contributed by atoms with E-state index in [1.807, 2.05) is 0 Å². The minimum atomic E-state index is -0.118. The first kappa shape index (κ1) is 13.3. The second kappa shape index (κ2) is 5.64. The molecule has 1 unspecified atom stereocenters. The van der Waals surface area contributed by atoms with E-state index in [-0.39, 0.29) is 18.4 Å². The number of carbonyl (C=O) groups excluding carboxylic acids is 1. The van der Waals surface area contributed by atoms with Crippen LogP contribution in [0.25, 0.3) is 0 Å². The van der Waals surface area contributed by atoms with E-state index in [0.29, 0.717) is 24.5 Å². The molecule has 6 nitrogen and oxygen atoms in total. The topological polar surface area (TPSA) is 91.5 Å². The molecule has 1 aliphatic rings. The number of aromatic nitrogens is 1. The van der Waals surface area contributed by atoms with Gasteiger partial charge in [0.05, 0.1) is 5.56 Å². The average molecular weight is 315 g/mol. The number of nitrogens with zero attached hydrogens (tertiary/aromatic N) is 2. The zero-order valence-electron chi connectivity index (χ0n) is 9.77. The molecule has 0 spiro atoms. The van der Waals surface area contributed by atoms with Gasteiger partial charge in [-0.2, -0.15) is 0 Å². The molecule has 98 valence electrons. The van der Waals surface area contributed by atoms with E-state index in [9.17, 15) is 4.79 Å². The summed E-state index contributed by atoms with van der Waals surface area (Å²) in [5.74, 6) is 5.76. The lowest BCUT2D eigenvalue weighted by Gasteiger charge is -2.17. The summed E-state index contributed by atoms with van der Waals surface area (Å²) in [6.45, 7) is 1.34. The fourth-order valence-corrected chi connectivity index (χ4v) is 2.39. The first-order valence-corrected chi connectivity index (χ1v) is 6.47. The Labute approximate surface area is 113 Å². The van der Waals surface area contributed by atoms with Crippen molar-refractivity contribution in [2.24, 2.45) is 11.8 Å². The van der Waals surface area contributed by atoms with Crippen LogP contribution in [0.15, 0.2) is 16.7 Å². The molecular weight excluding hydrogens is 300 g/mol. The standard InChI is InChI=1S/C11H15BrN4O2/c12-8-3-9(10(15-13)14-4-8)11(18)16-2-1-7(5-16)6-17/h3-4,7,17H,1-2,5-6,13H2,(H,14,15). The maximum absolute atomic E-state index is 12.3. The summed E-state index contributed by atoms with van der Waals surface area (Å²) in [5.41, 5.74) is 2.86. The van der Waals surface area contributed by atoms with E-state index in [2.05, 4.69) is 26.3 Å². The third kappa shape index (κ3) is 2.63. The highest BCUT2D eigenvalue weighted by atomic mass is 79.9. The second-order valence-corrected chi connectivity index (χ2v) is 5.20. The van der Waals surface area contributed by atoms with Crippen molar-refractivity contribution in [3.8, 4) is 0 Å². The van der Waals surface area contributed by atoms with E-state index in [4.69, 9.17) is 10.9 Å². The number of aliphatic hydroxyl groups excluding tert-OH is 1. The Morgan fingerprint density at radius 2 is 2.50 bits per heavy atom. The third-order valence-corrected chi connectivity index (χ3v) is 3.49. The van der Waals surface area contributed by atoms with Gasteiger partial charge in [-0.3, -0.25) is 4.79 Å². The van der Waals surface area contributed by atoms with Gasteiger partial charge in [-0.15, -0.1) is 0 Å². The number of aliphatic hydroxyl groups is 1. The number of nitrogen functional groups attached to an aromatic ring is 1. The van der Waals surface area contributed by atoms with Crippen molar-refractivity contribution in [1.82, 2.24) is 9.88 Å². The second-order valence-electron chi connectivity index (χ2n) is 4.28. The third-order valence-electron chi connectivity index (χ3n) is 3.05. The van der Waals surface area contributed by atoms with Crippen molar-refractivity contribution < 1.29 is 9.90 Å². The van der Waals surface area contributed by atoms with Crippen LogP contribution >= 0.6 is 15.9 Å². The largest absolute Gasteiger partial charge is 0.396 e. The minimum absolute atomic E-state index is 0.114. The molecule has 2 rings (SSSR count). The first-order valence-electron chi connectivity index (χ1n) is 5.68. The van der Waals surface area contributed by atoms with Crippen molar-refractivity contribution in [1.29, 1.82) is 0 Å². The van der Waals surface area contributed by atoms with Crippen molar-refractivity contribution in [3.63, 3.8) is 0 Å². The van der Waals surface area contributed by atoms with Gasteiger partial charge in [0.25, 0.3) is 5.91 Å². The van der Waals surface area contributed by atoms with Gasteiger partial charge in [0.15, 0.2) is 5.82 Å². The highest BCUT2D eigenvalue weighted by Gasteiger charge is 2.28. The van der Waals surface area contributed by atoms with Gasteiger partial charge in [0.1, 0.15) is 0 Å². The van der Waals surface area contributed by atoms with Gasteiger partial charge in [-0.05, 0) is 28.4 Å². The lowest BCUT2D eigenvalue weighted by molar-refractivity contribution is 0.0782. The number of amides is 1. The summed E-state index contributed by atoms with van der Waals surface area (Å²) in [7, 11) is 0. The molecule has 0 radical (unpaired) electrons. The summed E-state index contributed by atoms with van der Waals surface area (Å²) in [4.78, 5) is 18.1. The molecule has 1 atom stereocenters. The molecule has 1 aliphatic heterocycles. The van der Waals surface area contributed by atoms with E-state index in [1.54, 1.807) is 17.2 Å². The monoisotopic (exact) mass is 314 g/mol. The number of likely N-dealkylation sites (tertiary alicyclic amines) is 1. The van der Waals surface area contributed by atoms with Gasteiger partial charge in [0, 0.05) is 36.3 Å². The van der Waals surface area contributed by atoms with Crippen LogP contribution in [0.5, 0.6) is 0 Å².